The fraction of sp³-hybridized carbons (Fsp3) is 0.167. The number of rotatable bonds is 4. The van der Waals surface area contributed by atoms with Gasteiger partial charge in [-0.2, -0.15) is 0 Å². The highest BCUT2D eigenvalue weighted by Crippen LogP contribution is 2.37. The average molecular weight is 375 g/mol. The Labute approximate surface area is 153 Å². The van der Waals surface area contributed by atoms with Gasteiger partial charge in [0, 0.05) is 23.0 Å². The zero-order valence-electron chi connectivity index (χ0n) is 13.2. The highest BCUT2D eigenvalue weighted by Gasteiger charge is 2.18. The van der Waals surface area contributed by atoms with E-state index in [9.17, 15) is 4.79 Å². The van der Waals surface area contributed by atoms with Crippen LogP contribution < -0.4 is 20.1 Å². The number of hydrogen-bond donors (Lipinski definition) is 2. The zero-order chi connectivity index (χ0) is 17.2. The number of hydrogen-bond acceptors (Lipinski definition) is 5. The third-order valence-corrected chi connectivity index (χ3v) is 5.11. The van der Waals surface area contributed by atoms with Crippen molar-refractivity contribution >= 4 is 39.4 Å². The summed E-state index contributed by atoms with van der Waals surface area (Å²) in [6.45, 7) is 0.991. The van der Waals surface area contributed by atoms with E-state index in [1.807, 2.05) is 23.7 Å². The van der Waals surface area contributed by atoms with Crippen LogP contribution >= 0.6 is 22.9 Å². The van der Waals surface area contributed by atoms with Crippen molar-refractivity contribution < 1.29 is 14.3 Å². The Kier molecular flexibility index (Phi) is 4.38. The van der Waals surface area contributed by atoms with Gasteiger partial charge in [0.05, 0.1) is 11.4 Å². The molecule has 0 saturated carbocycles. The van der Waals surface area contributed by atoms with E-state index in [2.05, 4.69) is 16.7 Å². The molecule has 0 saturated heterocycles. The van der Waals surface area contributed by atoms with Crippen molar-refractivity contribution in [2.75, 3.05) is 18.7 Å². The van der Waals surface area contributed by atoms with Gasteiger partial charge in [-0.3, -0.25) is 4.79 Å². The molecule has 0 bridgehead atoms. The number of anilines is 1. The van der Waals surface area contributed by atoms with Gasteiger partial charge < -0.3 is 20.1 Å². The number of dihydropyridines is 1. The van der Waals surface area contributed by atoms with Crippen LogP contribution in [-0.4, -0.2) is 19.2 Å². The molecule has 2 N–H and O–H groups in total. The SMILES string of the molecule is O=C(Cc1cc2c(cc1Cl)OCO2)Nc1cc(C2=CCNC=C2)cs1. The third kappa shape index (κ3) is 3.50. The summed E-state index contributed by atoms with van der Waals surface area (Å²) in [7, 11) is 0. The Morgan fingerprint density at radius 3 is 2.92 bits per heavy atom. The number of halogens is 1. The molecule has 0 unspecified atom stereocenters. The standard InChI is InChI=1S/C18H15ClN2O3S/c19-14-8-16-15(23-10-24-16)5-12(14)6-17(22)21-18-7-13(9-25-18)11-1-3-20-4-2-11/h1-3,5,7-9,20H,4,6,10H2,(H,21,22). The number of benzene rings is 1. The van der Waals surface area contributed by atoms with Crippen LogP contribution in [0.3, 0.4) is 0 Å². The topological polar surface area (TPSA) is 59.6 Å². The van der Waals surface area contributed by atoms with E-state index in [1.165, 1.54) is 11.3 Å². The van der Waals surface area contributed by atoms with Gasteiger partial charge in [0.2, 0.25) is 12.7 Å². The molecule has 128 valence electrons. The van der Waals surface area contributed by atoms with Crippen molar-refractivity contribution in [1.82, 2.24) is 5.32 Å². The lowest BCUT2D eigenvalue weighted by atomic mass is 10.1. The van der Waals surface area contributed by atoms with Gasteiger partial charge in [0.15, 0.2) is 11.5 Å². The van der Waals surface area contributed by atoms with Crippen LogP contribution in [0.25, 0.3) is 5.57 Å². The number of fused-ring (bicyclic) bond motifs is 1. The Balaban J connectivity index is 1.44. The highest BCUT2D eigenvalue weighted by atomic mass is 35.5. The smallest absolute Gasteiger partial charge is 0.231 e. The monoisotopic (exact) mass is 374 g/mol. The Morgan fingerprint density at radius 1 is 1.28 bits per heavy atom. The minimum Gasteiger partial charge on any atom is -0.454 e. The summed E-state index contributed by atoms with van der Waals surface area (Å²) in [5, 5.41) is 9.38. The molecule has 7 heteroatoms. The van der Waals surface area contributed by atoms with Crippen molar-refractivity contribution in [3.63, 3.8) is 0 Å². The van der Waals surface area contributed by atoms with E-state index in [1.54, 1.807) is 12.1 Å². The van der Waals surface area contributed by atoms with E-state index < -0.39 is 0 Å². The minimum absolute atomic E-state index is 0.121. The quantitative estimate of drug-likeness (QED) is 0.854. The molecule has 1 aromatic carbocycles. The molecule has 5 nitrogen and oxygen atoms in total. The van der Waals surface area contributed by atoms with Crippen LogP contribution in [0.1, 0.15) is 11.1 Å². The number of carbonyl (C=O) groups is 1. The van der Waals surface area contributed by atoms with E-state index in [4.69, 9.17) is 21.1 Å². The maximum absolute atomic E-state index is 12.3. The van der Waals surface area contributed by atoms with Gasteiger partial charge in [0.1, 0.15) is 0 Å². The normalized spacial score (nSPS) is 14.8. The molecule has 1 aromatic heterocycles. The first kappa shape index (κ1) is 16.1. The lowest BCUT2D eigenvalue weighted by Crippen LogP contribution is -2.13. The van der Waals surface area contributed by atoms with Crippen LogP contribution in [0, 0.1) is 0 Å². The van der Waals surface area contributed by atoms with E-state index in [-0.39, 0.29) is 19.1 Å². The van der Waals surface area contributed by atoms with Crippen LogP contribution in [-0.2, 0) is 11.2 Å². The van der Waals surface area contributed by atoms with Crippen LogP contribution in [0.5, 0.6) is 11.5 Å². The summed E-state index contributed by atoms with van der Waals surface area (Å²) in [5.74, 6) is 1.11. The highest BCUT2D eigenvalue weighted by molar-refractivity contribution is 7.14. The zero-order valence-corrected chi connectivity index (χ0v) is 14.7. The molecule has 2 aliphatic heterocycles. The number of carbonyl (C=O) groups excluding carboxylic acids is 1. The van der Waals surface area contributed by atoms with E-state index in [0.717, 1.165) is 22.7 Å². The number of allylic oxidation sites excluding steroid dienone is 2. The third-order valence-electron chi connectivity index (χ3n) is 3.91. The Hall–Kier alpha value is -2.44. The molecule has 0 radical (unpaired) electrons. The Morgan fingerprint density at radius 2 is 2.12 bits per heavy atom. The summed E-state index contributed by atoms with van der Waals surface area (Å²) < 4.78 is 10.6. The van der Waals surface area contributed by atoms with Crippen molar-refractivity contribution in [2.24, 2.45) is 0 Å². The van der Waals surface area contributed by atoms with Crippen molar-refractivity contribution in [3.05, 3.63) is 58.1 Å². The largest absolute Gasteiger partial charge is 0.454 e. The van der Waals surface area contributed by atoms with E-state index >= 15 is 0 Å². The fourth-order valence-electron chi connectivity index (χ4n) is 2.67. The van der Waals surface area contributed by atoms with Crippen LogP contribution in [0.4, 0.5) is 5.00 Å². The number of thiophene rings is 1. The number of ether oxygens (including phenoxy) is 2. The molecular weight excluding hydrogens is 360 g/mol. The summed E-state index contributed by atoms with van der Waals surface area (Å²) >= 11 is 7.73. The molecule has 0 fully saturated rings. The minimum atomic E-state index is -0.121. The molecule has 0 spiro atoms. The summed E-state index contributed by atoms with van der Waals surface area (Å²) in [5.41, 5.74) is 2.96. The molecule has 3 heterocycles. The lowest BCUT2D eigenvalue weighted by Gasteiger charge is -2.07. The van der Waals surface area contributed by atoms with Crippen molar-refractivity contribution in [2.45, 2.75) is 6.42 Å². The predicted molar refractivity (Wildman–Crippen MR) is 99.3 cm³/mol. The predicted octanol–water partition coefficient (Wildman–Crippen LogP) is 3.81. The van der Waals surface area contributed by atoms with E-state index in [0.29, 0.717) is 22.1 Å². The summed E-state index contributed by atoms with van der Waals surface area (Å²) in [6, 6.07) is 5.42. The van der Waals surface area contributed by atoms with Crippen LogP contribution in [0.2, 0.25) is 5.02 Å². The second kappa shape index (κ2) is 6.82. The number of nitrogens with one attached hydrogen (secondary N) is 2. The van der Waals surface area contributed by atoms with Crippen molar-refractivity contribution in [1.29, 1.82) is 0 Å². The van der Waals surface area contributed by atoms with Gasteiger partial charge >= 0.3 is 0 Å². The molecule has 25 heavy (non-hydrogen) atoms. The van der Waals surface area contributed by atoms with Gasteiger partial charge in [-0.1, -0.05) is 17.7 Å². The van der Waals surface area contributed by atoms with Gasteiger partial charge in [-0.05, 0) is 41.1 Å². The second-order valence-electron chi connectivity index (χ2n) is 5.62. The summed E-state index contributed by atoms with van der Waals surface area (Å²) in [6.07, 6.45) is 6.23. The fourth-order valence-corrected chi connectivity index (χ4v) is 3.72. The van der Waals surface area contributed by atoms with Gasteiger partial charge in [-0.25, -0.2) is 0 Å². The first-order valence-electron chi connectivity index (χ1n) is 7.76. The first-order chi connectivity index (χ1) is 12.2. The summed E-state index contributed by atoms with van der Waals surface area (Å²) in [4.78, 5) is 12.3. The molecule has 2 aromatic rings. The Bertz CT molecular complexity index is 888. The van der Waals surface area contributed by atoms with Crippen molar-refractivity contribution in [3.8, 4) is 11.5 Å². The second-order valence-corrected chi connectivity index (χ2v) is 6.94. The van der Waals surface area contributed by atoms with Gasteiger partial charge in [0.25, 0.3) is 0 Å². The van der Waals surface area contributed by atoms with Crippen LogP contribution in [0.15, 0.2) is 41.9 Å². The molecule has 0 aliphatic carbocycles. The maximum Gasteiger partial charge on any atom is 0.231 e. The first-order valence-corrected chi connectivity index (χ1v) is 9.02. The number of amides is 1. The lowest BCUT2D eigenvalue weighted by molar-refractivity contribution is -0.115. The molecule has 0 atom stereocenters. The molecule has 2 aliphatic rings. The molecule has 4 rings (SSSR count). The van der Waals surface area contributed by atoms with Gasteiger partial charge in [-0.15, -0.1) is 11.3 Å². The molecular formula is C18H15ClN2O3S. The average Bonchev–Trinajstić information content (AvgIpc) is 3.25. The maximum atomic E-state index is 12.3. The molecule has 1 amide bonds.